The van der Waals surface area contributed by atoms with Crippen molar-refractivity contribution in [2.75, 3.05) is 0 Å². The molecule has 114 valence electrons. The molecule has 0 aliphatic heterocycles. The maximum Gasteiger partial charge on any atom is 0.278 e. The molecule has 2 rings (SSSR count). The van der Waals surface area contributed by atoms with Crippen LogP contribution in [0.3, 0.4) is 0 Å². The van der Waals surface area contributed by atoms with Crippen molar-refractivity contribution in [3.05, 3.63) is 46.5 Å². The predicted octanol–water partition coefficient (Wildman–Crippen LogP) is 4.33. The van der Waals surface area contributed by atoms with Crippen molar-refractivity contribution in [3.63, 3.8) is 0 Å². The molecule has 3 nitrogen and oxygen atoms in total. The SMILES string of the molecule is Cc1cc(C)c(C(=O)N(O)C2/C=C\CCCCC2)c(C)c1. The molecule has 0 aromatic heterocycles. The molecule has 1 amide bonds. The quantitative estimate of drug-likeness (QED) is 0.499. The zero-order chi connectivity index (χ0) is 15.4. The first kappa shape index (κ1) is 15.8. The zero-order valence-corrected chi connectivity index (χ0v) is 13.2. The number of amides is 1. The molecule has 1 aliphatic carbocycles. The smallest absolute Gasteiger partial charge is 0.278 e. The second-order valence-electron chi connectivity index (χ2n) is 6.06. The topological polar surface area (TPSA) is 40.5 Å². The number of rotatable bonds is 2. The van der Waals surface area contributed by atoms with Gasteiger partial charge in [0.25, 0.3) is 5.91 Å². The summed E-state index contributed by atoms with van der Waals surface area (Å²) in [6, 6.07) is 3.77. The summed E-state index contributed by atoms with van der Waals surface area (Å²) in [7, 11) is 0. The molecule has 0 saturated carbocycles. The van der Waals surface area contributed by atoms with E-state index in [-0.39, 0.29) is 11.9 Å². The van der Waals surface area contributed by atoms with Crippen LogP contribution < -0.4 is 0 Å². The fraction of sp³-hybridized carbons (Fsp3) is 0.500. The van der Waals surface area contributed by atoms with Crippen LogP contribution >= 0.6 is 0 Å². The number of hydroxylamine groups is 2. The van der Waals surface area contributed by atoms with E-state index < -0.39 is 0 Å². The van der Waals surface area contributed by atoms with Gasteiger partial charge in [-0.15, -0.1) is 0 Å². The van der Waals surface area contributed by atoms with E-state index in [2.05, 4.69) is 6.08 Å². The number of nitrogens with zero attached hydrogens (tertiary/aromatic N) is 1. The van der Waals surface area contributed by atoms with Gasteiger partial charge in [-0.25, -0.2) is 5.06 Å². The monoisotopic (exact) mass is 287 g/mol. The van der Waals surface area contributed by atoms with E-state index in [9.17, 15) is 10.0 Å². The molecule has 0 spiro atoms. The van der Waals surface area contributed by atoms with Gasteiger partial charge in [0.15, 0.2) is 0 Å². The summed E-state index contributed by atoms with van der Waals surface area (Å²) in [5.74, 6) is -0.291. The molecule has 0 bridgehead atoms. The molecule has 3 heteroatoms. The van der Waals surface area contributed by atoms with Crippen LogP contribution in [0.2, 0.25) is 0 Å². The summed E-state index contributed by atoms with van der Waals surface area (Å²) in [5, 5.41) is 11.3. The summed E-state index contributed by atoms with van der Waals surface area (Å²) in [6.07, 6.45) is 9.30. The number of hydrogen-bond acceptors (Lipinski definition) is 2. The number of benzene rings is 1. The van der Waals surface area contributed by atoms with Gasteiger partial charge in [-0.3, -0.25) is 10.0 Å². The molecule has 1 atom stereocenters. The van der Waals surface area contributed by atoms with Gasteiger partial charge >= 0.3 is 0 Å². The van der Waals surface area contributed by atoms with Crippen molar-refractivity contribution in [1.29, 1.82) is 0 Å². The minimum Gasteiger partial charge on any atom is -0.285 e. The van der Waals surface area contributed by atoms with Crippen LogP contribution in [0.25, 0.3) is 0 Å². The lowest BCUT2D eigenvalue weighted by Crippen LogP contribution is -2.37. The van der Waals surface area contributed by atoms with Crippen LogP contribution in [-0.2, 0) is 0 Å². The maximum absolute atomic E-state index is 12.6. The number of carbonyl (C=O) groups is 1. The number of aryl methyl sites for hydroxylation is 3. The van der Waals surface area contributed by atoms with Crippen LogP contribution in [0.1, 0.15) is 59.2 Å². The average molecular weight is 287 g/mol. The van der Waals surface area contributed by atoms with Gasteiger partial charge in [-0.1, -0.05) is 42.7 Å². The van der Waals surface area contributed by atoms with Gasteiger partial charge in [-0.05, 0) is 51.2 Å². The average Bonchev–Trinajstić information content (AvgIpc) is 2.36. The van der Waals surface area contributed by atoms with Gasteiger partial charge < -0.3 is 0 Å². The van der Waals surface area contributed by atoms with Crippen LogP contribution in [0.5, 0.6) is 0 Å². The molecule has 1 aromatic rings. The van der Waals surface area contributed by atoms with E-state index in [4.69, 9.17) is 0 Å². The van der Waals surface area contributed by atoms with Crippen LogP contribution in [0.4, 0.5) is 0 Å². The molecule has 21 heavy (non-hydrogen) atoms. The number of allylic oxidation sites excluding steroid dienone is 1. The van der Waals surface area contributed by atoms with E-state index >= 15 is 0 Å². The second kappa shape index (κ2) is 6.90. The van der Waals surface area contributed by atoms with Crippen molar-refractivity contribution >= 4 is 5.91 Å². The van der Waals surface area contributed by atoms with Crippen LogP contribution in [0.15, 0.2) is 24.3 Å². The minimum absolute atomic E-state index is 0.210. The van der Waals surface area contributed by atoms with E-state index in [1.165, 1.54) is 6.42 Å². The van der Waals surface area contributed by atoms with Crippen molar-refractivity contribution in [2.24, 2.45) is 0 Å². The molecule has 1 aromatic carbocycles. The lowest BCUT2D eigenvalue weighted by atomic mass is 9.97. The Morgan fingerprint density at radius 2 is 1.81 bits per heavy atom. The molecule has 0 saturated heterocycles. The molecule has 1 unspecified atom stereocenters. The Morgan fingerprint density at radius 1 is 1.14 bits per heavy atom. The lowest BCUT2D eigenvalue weighted by molar-refractivity contribution is -0.0790. The molecule has 0 radical (unpaired) electrons. The highest BCUT2D eigenvalue weighted by Gasteiger charge is 2.24. The van der Waals surface area contributed by atoms with Gasteiger partial charge in [0, 0.05) is 5.56 Å². The first-order valence-corrected chi connectivity index (χ1v) is 7.77. The molecule has 0 heterocycles. The minimum atomic E-state index is -0.291. The molecule has 1 N–H and O–H groups in total. The van der Waals surface area contributed by atoms with Gasteiger partial charge in [0.1, 0.15) is 0 Å². The number of hydrogen-bond donors (Lipinski definition) is 1. The highest BCUT2D eigenvalue weighted by Crippen LogP contribution is 2.21. The third-order valence-electron chi connectivity index (χ3n) is 4.14. The van der Waals surface area contributed by atoms with Crippen molar-refractivity contribution in [1.82, 2.24) is 5.06 Å². The Hall–Kier alpha value is -1.61. The van der Waals surface area contributed by atoms with Crippen molar-refractivity contribution < 1.29 is 10.0 Å². The zero-order valence-electron chi connectivity index (χ0n) is 13.2. The van der Waals surface area contributed by atoms with E-state index in [0.29, 0.717) is 5.56 Å². The predicted molar refractivity (Wildman–Crippen MR) is 84.6 cm³/mol. The maximum atomic E-state index is 12.6. The highest BCUT2D eigenvalue weighted by atomic mass is 16.5. The first-order valence-electron chi connectivity index (χ1n) is 7.77. The highest BCUT2D eigenvalue weighted by molar-refractivity contribution is 5.96. The summed E-state index contributed by atoms with van der Waals surface area (Å²) in [5.41, 5.74) is 3.60. The van der Waals surface area contributed by atoms with Crippen LogP contribution in [0, 0.1) is 20.8 Å². The van der Waals surface area contributed by atoms with Gasteiger partial charge in [-0.2, -0.15) is 0 Å². The standard InChI is InChI=1S/C18H25NO2/c1-13-11-14(2)17(15(3)12-13)18(20)19(21)16-9-7-5-4-6-8-10-16/h7,9,11-12,16,21H,4-6,8,10H2,1-3H3/b9-7-. The molecular weight excluding hydrogens is 262 g/mol. The van der Waals surface area contributed by atoms with E-state index in [0.717, 1.165) is 47.4 Å². The van der Waals surface area contributed by atoms with Gasteiger partial charge in [0.2, 0.25) is 0 Å². The second-order valence-corrected chi connectivity index (χ2v) is 6.06. The number of carbonyl (C=O) groups excluding carboxylic acids is 1. The summed E-state index contributed by atoms with van der Waals surface area (Å²) < 4.78 is 0. The normalized spacial score (nSPS) is 20.5. The Morgan fingerprint density at radius 3 is 2.48 bits per heavy atom. The lowest BCUT2D eigenvalue weighted by Gasteiger charge is -2.26. The summed E-state index contributed by atoms with van der Waals surface area (Å²) in [4.78, 5) is 12.6. The Labute approximate surface area is 127 Å². The fourth-order valence-electron chi connectivity index (χ4n) is 3.13. The van der Waals surface area contributed by atoms with Crippen molar-refractivity contribution in [2.45, 2.75) is 58.9 Å². The molecule has 1 aliphatic rings. The Kier molecular flexibility index (Phi) is 5.18. The molecular formula is C18H25NO2. The van der Waals surface area contributed by atoms with Crippen molar-refractivity contribution in [3.8, 4) is 0 Å². The van der Waals surface area contributed by atoms with E-state index in [1.807, 2.05) is 39.0 Å². The van der Waals surface area contributed by atoms with Crippen LogP contribution in [-0.4, -0.2) is 22.2 Å². The van der Waals surface area contributed by atoms with E-state index in [1.54, 1.807) is 0 Å². The summed E-state index contributed by atoms with van der Waals surface area (Å²) >= 11 is 0. The third-order valence-corrected chi connectivity index (χ3v) is 4.14. The third kappa shape index (κ3) is 3.73. The Bertz CT molecular complexity index is 525. The van der Waals surface area contributed by atoms with Gasteiger partial charge in [0.05, 0.1) is 6.04 Å². The first-order chi connectivity index (χ1) is 10.0. The summed E-state index contributed by atoms with van der Waals surface area (Å²) in [6.45, 7) is 5.87. The largest absolute Gasteiger partial charge is 0.285 e. The fourth-order valence-corrected chi connectivity index (χ4v) is 3.13. The molecule has 0 fully saturated rings. The Balaban J connectivity index is 2.24.